The van der Waals surface area contributed by atoms with Crippen molar-refractivity contribution in [1.82, 2.24) is 10.6 Å². The van der Waals surface area contributed by atoms with Gasteiger partial charge in [0.15, 0.2) is 0 Å². The van der Waals surface area contributed by atoms with Gasteiger partial charge in [0.2, 0.25) is 0 Å². The van der Waals surface area contributed by atoms with E-state index in [9.17, 15) is 0 Å². The minimum Gasteiger partial charge on any atom is -0.376 e. The van der Waals surface area contributed by atoms with Gasteiger partial charge >= 0.3 is 0 Å². The monoisotopic (exact) mass is 136 g/mol. The van der Waals surface area contributed by atoms with Crippen LogP contribution in [0, 0.1) is 6.54 Å². The fraction of sp³-hybridized carbons (Fsp3) is 0.625. The molecule has 10 heavy (non-hydrogen) atoms. The Morgan fingerprint density at radius 1 is 1.60 bits per heavy atom. The minimum absolute atomic E-state index is 0.593. The van der Waals surface area contributed by atoms with Gasteiger partial charge in [-0.05, 0) is 19.3 Å². The van der Waals surface area contributed by atoms with Gasteiger partial charge in [0, 0.05) is 18.3 Å². The van der Waals surface area contributed by atoms with Crippen LogP contribution in [0.25, 0.3) is 0 Å². The standard InChI is InChI=1S/C8H12N2/c1-2-4-8-7(3-1)9-5-6-10-8/h3,8-10H,1-2,4,6H2. The molecule has 2 heteroatoms. The average Bonchev–Trinajstić information content (AvgIpc) is 2.05. The van der Waals surface area contributed by atoms with Gasteiger partial charge in [0.05, 0.1) is 0 Å². The topological polar surface area (TPSA) is 24.1 Å². The Balaban J connectivity index is 2.08. The summed E-state index contributed by atoms with van der Waals surface area (Å²) >= 11 is 0. The summed E-state index contributed by atoms with van der Waals surface area (Å²) < 4.78 is 0. The van der Waals surface area contributed by atoms with E-state index in [-0.39, 0.29) is 0 Å². The Bertz CT molecular complexity index is 151. The zero-order chi connectivity index (χ0) is 6.81. The first-order valence-corrected chi connectivity index (χ1v) is 3.89. The van der Waals surface area contributed by atoms with Gasteiger partial charge in [-0.3, -0.25) is 0 Å². The molecule has 2 aliphatic rings. The summed E-state index contributed by atoms with van der Waals surface area (Å²) in [5, 5.41) is 6.55. The van der Waals surface area contributed by atoms with Gasteiger partial charge in [0.25, 0.3) is 0 Å². The van der Waals surface area contributed by atoms with Crippen LogP contribution in [0.1, 0.15) is 19.3 Å². The van der Waals surface area contributed by atoms with Crippen molar-refractivity contribution in [3.8, 4) is 0 Å². The summed E-state index contributed by atoms with van der Waals surface area (Å²) in [6.07, 6.45) is 6.10. The summed E-state index contributed by atoms with van der Waals surface area (Å²) in [7, 11) is 0. The molecule has 1 fully saturated rings. The molecule has 1 saturated heterocycles. The Morgan fingerprint density at radius 2 is 2.60 bits per heavy atom. The summed E-state index contributed by atoms with van der Waals surface area (Å²) in [6.45, 7) is 3.93. The molecule has 54 valence electrons. The Morgan fingerprint density at radius 3 is 3.50 bits per heavy atom. The maximum Gasteiger partial charge on any atom is 0.103 e. The van der Waals surface area contributed by atoms with E-state index in [0.717, 1.165) is 6.54 Å². The Kier molecular flexibility index (Phi) is 1.63. The summed E-state index contributed by atoms with van der Waals surface area (Å²) in [5.74, 6) is 0. The molecule has 1 aliphatic heterocycles. The molecule has 0 spiro atoms. The zero-order valence-corrected chi connectivity index (χ0v) is 5.98. The first kappa shape index (κ1) is 6.23. The molecule has 0 saturated carbocycles. The second kappa shape index (κ2) is 2.62. The SMILES string of the molecule is [C]1CNC2CCCC=C2N1. The van der Waals surface area contributed by atoms with Crippen molar-refractivity contribution < 1.29 is 0 Å². The first-order chi connectivity index (χ1) is 4.97. The van der Waals surface area contributed by atoms with Gasteiger partial charge < -0.3 is 10.6 Å². The predicted molar refractivity (Wildman–Crippen MR) is 40.1 cm³/mol. The van der Waals surface area contributed by atoms with Gasteiger partial charge in [-0.2, -0.15) is 0 Å². The van der Waals surface area contributed by atoms with E-state index < -0.39 is 0 Å². The largest absolute Gasteiger partial charge is 0.376 e. The molecule has 1 atom stereocenters. The Hall–Kier alpha value is -0.500. The van der Waals surface area contributed by atoms with Gasteiger partial charge in [0.1, 0.15) is 6.54 Å². The number of fused-ring (bicyclic) bond motifs is 1. The van der Waals surface area contributed by atoms with Crippen LogP contribution in [0.3, 0.4) is 0 Å². The van der Waals surface area contributed by atoms with Gasteiger partial charge in [-0.1, -0.05) is 6.08 Å². The molecule has 2 rings (SSSR count). The molecule has 0 bridgehead atoms. The molecule has 0 aromatic heterocycles. The lowest BCUT2D eigenvalue weighted by molar-refractivity contribution is 0.458. The smallest absolute Gasteiger partial charge is 0.103 e. The quantitative estimate of drug-likeness (QED) is 0.511. The molecular formula is C8H12N2. The van der Waals surface area contributed by atoms with Crippen LogP contribution >= 0.6 is 0 Å². The summed E-state index contributed by atoms with van der Waals surface area (Å²) in [6, 6.07) is 0.593. The molecule has 1 aliphatic carbocycles. The maximum atomic E-state index is 3.38. The van der Waals surface area contributed by atoms with Crippen LogP contribution < -0.4 is 10.6 Å². The third-order valence-corrected chi connectivity index (χ3v) is 2.11. The van der Waals surface area contributed by atoms with Crippen LogP contribution in [0.4, 0.5) is 0 Å². The van der Waals surface area contributed by atoms with E-state index in [2.05, 4.69) is 23.3 Å². The molecule has 0 aromatic carbocycles. The number of allylic oxidation sites excluding steroid dienone is 1. The van der Waals surface area contributed by atoms with E-state index in [1.807, 2.05) is 0 Å². The molecule has 0 aromatic rings. The number of nitrogens with one attached hydrogen (secondary N) is 2. The molecule has 1 heterocycles. The van der Waals surface area contributed by atoms with Crippen LogP contribution in [-0.4, -0.2) is 12.6 Å². The summed E-state index contributed by atoms with van der Waals surface area (Å²) in [4.78, 5) is 0. The highest BCUT2D eigenvalue weighted by Gasteiger charge is 2.19. The lowest BCUT2D eigenvalue weighted by Gasteiger charge is -2.30. The van der Waals surface area contributed by atoms with E-state index in [4.69, 9.17) is 0 Å². The molecule has 2 nitrogen and oxygen atoms in total. The van der Waals surface area contributed by atoms with Gasteiger partial charge in [-0.15, -0.1) is 0 Å². The lowest BCUT2D eigenvalue weighted by atomic mass is 9.98. The highest BCUT2D eigenvalue weighted by atomic mass is 15.1. The number of hydrogen-bond acceptors (Lipinski definition) is 2. The van der Waals surface area contributed by atoms with Crippen molar-refractivity contribution in [3.05, 3.63) is 18.3 Å². The van der Waals surface area contributed by atoms with Crippen molar-refractivity contribution in [3.63, 3.8) is 0 Å². The first-order valence-electron chi connectivity index (χ1n) is 3.89. The van der Waals surface area contributed by atoms with Crippen molar-refractivity contribution in [2.45, 2.75) is 25.3 Å². The molecule has 0 amide bonds. The van der Waals surface area contributed by atoms with E-state index in [1.165, 1.54) is 25.0 Å². The van der Waals surface area contributed by atoms with Crippen molar-refractivity contribution in [2.75, 3.05) is 6.54 Å². The van der Waals surface area contributed by atoms with Gasteiger partial charge in [-0.25, -0.2) is 0 Å². The number of hydrogen-bond donors (Lipinski definition) is 2. The average molecular weight is 136 g/mol. The highest BCUT2D eigenvalue weighted by molar-refractivity contribution is 5.16. The van der Waals surface area contributed by atoms with Crippen molar-refractivity contribution in [1.29, 1.82) is 0 Å². The second-order valence-corrected chi connectivity index (χ2v) is 2.83. The number of rotatable bonds is 0. The summed E-state index contributed by atoms with van der Waals surface area (Å²) in [5.41, 5.74) is 1.33. The minimum atomic E-state index is 0.593. The van der Waals surface area contributed by atoms with Crippen LogP contribution in [0.2, 0.25) is 0 Å². The molecular weight excluding hydrogens is 124 g/mol. The third-order valence-electron chi connectivity index (χ3n) is 2.11. The van der Waals surface area contributed by atoms with Crippen molar-refractivity contribution in [2.24, 2.45) is 0 Å². The lowest BCUT2D eigenvalue weighted by Crippen LogP contribution is -2.44. The number of piperazine rings is 1. The fourth-order valence-corrected chi connectivity index (χ4v) is 1.55. The second-order valence-electron chi connectivity index (χ2n) is 2.83. The molecule has 2 radical (unpaired) electrons. The maximum absolute atomic E-state index is 3.38. The normalized spacial score (nSPS) is 32.0. The molecule has 2 N–H and O–H groups in total. The van der Waals surface area contributed by atoms with Crippen LogP contribution in [-0.2, 0) is 0 Å². The zero-order valence-electron chi connectivity index (χ0n) is 5.98. The Labute approximate surface area is 61.7 Å². The third kappa shape index (κ3) is 1.03. The van der Waals surface area contributed by atoms with Crippen molar-refractivity contribution >= 4 is 0 Å². The van der Waals surface area contributed by atoms with E-state index in [1.54, 1.807) is 0 Å². The highest BCUT2D eigenvalue weighted by Crippen LogP contribution is 2.18. The fourth-order valence-electron chi connectivity index (χ4n) is 1.55. The predicted octanol–water partition coefficient (Wildman–Crippen LogP) is 0.654. The molecule has 1 unspecified atom stereocenters. The van der Waals surface area contributed by atoms with Crippen LogP contribution in [0.15, 0.2) is 11.8 Å². The van der Waals surface area contributed by atoms with E-state index in [0.29, 0.717) is 6.04 Å². The van der Waals surface area contributed by atoms with Crippen LogP contribution in [0.5, 0.6) is 0 Å². The van der Waals surface area contributed by atoms with E-state index >= 15 is 0 Å².